The van der Waals surface area contributed by atoms with Gasteiger partial charge in [-0.1, -0.05) is 13.0 Å². The molecule has 0 aliphatic heterocycles. The summed E-state index contributed by atoms with van der Waals surface area (Å²) in [5, 5.41) is 5.84. The molecular formula is C11H17N3O. The minimum atomic E-state index is -0.00771. The molecule has 82 valence electrons. The molecule has 1 heterocycles. The van der Waals surface area contributed by atoms with E-state index in [4.69, 9.17) is 0 Å². The Balaban J connectivity index is 2.34. The summed E-state index contributed by atoms with van der Waals surface area (Å²) in [6.45, 7) is 3.13. The summed E-state index contributed by atoms with van der Waals surface area (Å²) in [6, 6.07) is 3.80. The van der Waals surface area contributed by atoms with Crippen LogP contribution in [0.1, 0.15) is 12.5 Å². The van der Waals surface area contributed by atoms with E-state index in [-0.39, 0.29) is 11.8 Å². The van der Waals surface area contributed by atoms with Crippen LogP contribution in [0.5, 0.6) is 0 Å². The third-order valence-electron chi connectivity index (χ3n) is 2.15. The van der Waals surface area contributed by atoms with Crippen molar-refractivity contribution in [3.8, 4) is 0 Å². The fourth-order valence-electron chi connectivity index (χ4n) is 1.26. The SMILES string of the molecule is CNCC(C)C(=O)NCc1cccnc1. The number of aromatic nitrogens is 1. The van der Waals surface area contributed by atoms with Crippen LogP contribution >= 0.6 is 0 Å². The molecule has 1 aromatic heterocycles. The summed E-state index contributed by atoms with van der Waals surface area (Å²) in [5.74, 6) is 0.0554. The lowest BCUT2D eigenvalue weighted by atomic mass is 10.1. The van der Waals surface area contributed by atoms with Gasteiger partial charge in [0.15, 0.2) is 0 Å². The summed E-state index contributed by atoms with van der Waals surface area (Å²) in [7, 11) is 1.84. The number of hydrogen-bond donors (Lipinski definition) is 2. The lowest BCUT2D eigenvalue weighted by molar-refractivity contribution is -0.124. The van der Waals surface area contributed by atoms with Crippen molar-refractivity contribution in [2.24, 2.45) is 5.92 Å². The van der Waals surface area contributed by atoms with Crippen molar-refractivity contribution >= 4 is 5.91 Å². The molecule has 4 nitrogen and oxygen atoms in total. The average Bonchev–Trinajstić information content (AvgIpc) is 2.27. The van der Waals surface area contributed by atoms with E-state index in [9.17, 15) is 4.79 Å². The molecule has 0 saturated carbocycles. The number of carbonyl (C=O) groups is 1. The Hall–Kier alpha value is -1.42. The van der Waals surface area contributed by atoms with Gasteiger partial charge in [0.25, 0.3) is 0 Å². The van der Waals surface area contributed by atoms with Gasteiger partial charge in [0.05, 0.1) is 0 Å². The molecule has 1 atom stereocenters. The molecule has 4 heteroatoms. The van der Waals surface area contributed by atoms with E-state index < -0.39 is 0 Å². The van der Waals surface area contributed by atoms with Crippen LogP contribution in [0.15, 0.2) is 24.5 Å². The molecule has 0 radical (unpaired) electrons. The Morgan fingerprint density at radius 1 is 1.60 bits per heavy atom. The quantitative estimate of drug-likeness (QED) is 0.741. The van der Waals surface area contributed by atoms with Gasteiger partial charge in [0.1, 0.15) is 0 Å². The van der Waals surface area contributed by atoms with Gasteiger partial charge in [0.2, 0.25) is 5.91 Å². The summed E-state index contributed by atoms with van der Waals surface area (Å²) in [5.41, 5.74) is 1.02. The van der Waals surface area contributed by atoms with Gasteiger partial charge in [-0.15, -0.1) is 0 Å². The molecule has 0 spiro atoms. The number of pyridine rings is 1. The zero-order chi connectivity index (χ0) is 11.1. The predicted octanol–water partition coefficient (Wildman–Crippen LogP) is 0.553. The first-order valence-corrected chi connectivity index (χ1v) is 5.05. The average molecular weight is 207 g/mol. The van der Waals surface area contributed by atoms with Crippen molar-refractivity contribution in [1.29, 1.82) is 0 Å². The molecule has 1 unspecified atom stereocenters. The number of hydrogen-bond acceptors (Lipinski definition) is 3. The van der Waals surface area contributed by atoms with E-state index in [1.807, 2.05) is 26.1 Å². The van der Waals surface area contributed by atoms with Crippen molar-refractivity contribution in [2.75, 3.05) is 13.6 Å². The van der Waals surface area contributed by atoms with E-state index >= 15 is 0 Å². The standard InChI is InChI=1S/C11H17N3O/c1-9(6-12-2)11(15)14-8-10-4-3-5-13-7-10/h3-5,7,9,12H,6,8H2,1-2H3,(H,14,15). The predicted molar refractivity (Wildman–Crippen MR) is 59.2 cm³/mol. The van der Waals surface area contributed by atoms with E-state index in [0.29, 0.717) is 13.1 Å². The fraction of sp³-hybridized carbons (Fsp3) is 0.455. The molecule has 0 aliphatic rings. The van der Waals surface area contributed by atoms with Gasteiger partial charge in [0, 0.05) is 31.4 Å². The Morgan fingerprint density at radius 2 is 2.40 bits per heavy atom. The Morgan fingerprint density at radius 3 is 3.00 bits per heavy atom. The summed E-state index contributed by atoms with van der Waals surface area (Å²) in [4.78, 5) is 15.5. The minimum Gasteiger partial charge on any atom is -0.352 e. The van der Waals surface area contributed by atoms with Crippen LogP contribution in [0.25, 0.3) is 0 Å². The maximum Gasteiger partial charge on any atom is 0.224 e. The van der Waals surface area contributed by atoms with Gasteiger partial charge in [-0.3, -0.25) is 9.78 Å². The third-order valence-corrected chi connectivity index (χ3v) is 2.15. The van der Waals surface area contributed by atoms with Crippen molar-refractivity contribution in [3.63, 3.8) is 0 Å². The molecule has 1 amide bonds. The topological polar surface area (TPSA) is 54.0 Å². The van der Waals surface area contributed by atoms with Gasteiger partial charge < -0.3 is 10.6 Å². The van der Waals surface area contributed by atoms with Crippen molar-refractivity contribution in [3.05, 3.63) is 30.1 Å². The van der Waals surface area contributed by atoms with Gasteiger partial charge in [-0.25, -0.2) is 0 Å². The maximum atomic E-state index is 11.5. The zero-order valence-corrected chi connectivity index (χ0v) is 9.16. The van der Waals surface area contributed by atoms with Crippen LogP contribution < -0.4 is 10.6 Å². The summed E-state index contributed by atoms with van der Waals surface area (Å²) >= 11 is 0. The lowest BCUT2D eigenvalue weighted by Gasteiger charge is -2.11. The highest BCUT2D eigenvalue weighted by Gasteiger charge is 2.10. The van der Waals surface area contributed by atoms with Crippen LogP contribution in [-0.4, -0.2) is 24.5 Å². The number of carbonyl (C=O) groups excluding carboxylic acids is 1. The molecule has 1 rings (SSSR count). The molecule has 0 aromatic carbocycles. The number of nitrogens with zero attached hydrogens (tertiary/aromatic N) is 1. The molecule has 0 aliphatic carbocycles. The lowest BCUT2D eigenvalue weighted by Crippen LogP contribution is -2.33. The summed E-state index contributed by atoms with van der Waals surface area (Å²) in [6.07, 6.45) is 3.47. The molecule has 0 bridgehead atoms. The number of rotatable bonds is 5. The van der Waals surface area contributed by atoms with E-state index in [1.54, 1.807) is 12.4 Å². The highest BCUT2D eigenvalue weighted by molar-refractivity contribution is 5.78. The Bertz CT molecular complexity index is 300. The van der Waals surface area contributed by atoms with Crippen LogP contribution in [0.3, 0.4) is 0 Å². The molecule has 0 saturated heterocycles. The van der Waals surface area contributed by atoms with Gasteiger partial charge >= 0.3 is 0 Å². The van der Waals surface area contributed by atoms with E-state index in [0.717, 1.165) is 5.56 Å². The minimum absolute atomic E-state index is 0.00771. The largest absolute Gasteiger partial charge is 0.352 e. The first-order valence-electron chi connectivity index (χ1n) is 5.05. The third kappa shape index (κ3) is 4.08. The summed E-state index contributed by atoms with van der Waals surface area (Å²) < 4.78 is 0. The second-order valence-corrected chi connectivity index (χ2v) is 3.54. The fourth-order valence-corrected chi connectivity index (χ4v) is 1.26. The maximum absolute atomic E-state index is 11.5. The smallest absolute Gasteiger partial charge is 0.224 e. The number of nitrogens with one attached hydrogen (secondary N) is 2. The van der Waals surface area contributed by atoms with Crippen molar-refractivity contribution < 1.29 is 4.79 Å². The molecule has 2 N–H and O–H groups in total. The number of amides is 1. The zero-order valence-electron chi connectivity index (χ0n) is 9.16. The second kappa shape index (κ2) is 6.14. The molecule has 15 heavy (non-hydrogen) atoms. The van der Waals surface area contributed by atoms with Gasteiger partial charge in [-0.2, -0.15) is 0 Å². The van der Waals surface area contributed by atoms with E-state index in [1.165, 1.54) is 0 Å². The Kier molecular flexibility index (Phi) is 4.77. The molecular weight excluding hydrogens is 190 g/mol. The normalized spacial score (nSPS) is 12.1. The highest BCUT2D eigenvalue weighted by atomic mass is 16.1. The van der Waals surface area contributed by atoms with Crippen LogP contribution in [0, 0.1) is 5.92 Å². The second-order valence-electron chi connectivity index (χ2n) is 3.54. The first kappa shape index (κ1) is 11.7. The first-order chi connectivity index (χ1) is 7.24. The van der Waals surface area contributed by atoms with Crippen LogP contribution in [0.4, 0.5) is 0 Å². The molecule has 1 aromatic rings. The monoisotopic (exact) mass is 207 g/mol. The van der Waals surface area contributed by atoms with Crippen molar-refractivity contribution in [2.45, 2.75) is 13.5 Å². The van der Waals surface area contributed by atoms with E-state index in [2.05, 4.69) is 15.6 Å². The van der Waals surface area contributed by atoms with Crippen LogP contribution in [-0.2, 0) is 11.3 Å². The van der Waals surface area contributed by atoms with Gasteiger partial charge in [-0.05, 0) is 18.7 Å². The highest BCUT2D eigenvalue weighted by Crippen LogP contribution is 1.97. The van der Waals surface area contributed by atoms with Crippen molar-refractivity contribution in [1.82, 2.24) is 15.6 Å². The molecule has 0 fully saturated rings. The Labute approximate surface area is 90.1 Å². The van der Waals surface area contributed by atoms with Crippen LogP contribution in [0.2, 0.25) is 0 Å².